The maximum absolute atomic E-state index is 5.40. The molecular formula is C7H12ClN5S. The summed E-state index contributed by atoms with van der Waals surface area (Å²) in [5.74, 6) is 0.781. The predicted molar refractivity (Wildman–Crippen MR) is 57.5 cm³/mol. The number of nitrogens with zero attached hydrogens (tertiary/aromatic N) is 4. The summed E-state index contributed by atoms with van der Waals surface area (Å²) in [6.45, 7) is 1.63. The van der Waals surface area contributed by atoms with Crippen LogP contribution in [0.3, 0.4) is 0 Å². The van der Waals surface area contributed by atoms with Crippen LogP contribution in [-0.4, -0.2) is 39.6 Å². The van der Waals surface area contributed by atoms with Gasteiger partial charge >= 0.3 is 0 Å². The number of rotatable bonds is 6. The van der Waals surface area contributed by atoms with Gasteiger partial charge in [-0.3, -0.25) is 0 Å². The van der Waals surface area contributed by atoms with Crippen LogP contribution in [-0.2, 0) is 6.54 Å². The molecule has 0 saturated heterocycles. The lowest BCUT2D eigenvalue weighted by Crippen LogP contribution is -2.16. The number of hydrogen-bond acceptors (Lipinski definition) is 5. The standard InChI is InChI=1S/C7H12ClN5S/c1-9-4-5-13-7(10-11-12-13)14-6-2-3-8/h2-3,9H,4-6H2,1H3. The minimum Gasteiger partial charge on any atom is -0.318 e. The van der Waals surface area contributed by atoms with E-state index in [-0.39, 0.29) is 0 Å². The SMILES string of the molecule is CNCCn1nnnc1SCC=CCl. The molecule has 7 heteroatoms. The minimum absolute atomic E-state index is 0.774. The van der Waals surface area contributed by atoms with Gasteiger partial charge in [0.2, 0.25) is 5.16 Å². The number of aromatic nitrogens is 4. The molecule has 1 aromatic rings. The van der Waals surface area contributed by atoms with Crippen molar-refractivity contribution in [2.75, 3.05) is 19.3 Å². The summed E-state index contributed by atoms with van der Waals surface area (Å²) in [6, 6.07) is 0. The largest absolute Gasteiger partial charge is 0.318 e. The van der Waals surface area contributed by atoms with Gasteiger partial charge in [0.1, 0.15) is 0 Å². The molecule has 0 spiro atoms. The second-order valence-corrected chi connectivity index (χ2v) is 3.70. The third kappa shape index (κ3) is 3.65. The lowest BCUT2D eigenvalue weighted by Gasteiger charge is -2.01. The van der Waals surface area contributed by atoms with Gasteiger partial charge in [-0.05, 0) is 17.5 Å². The van der Waals surface area contributed by atoms with Crippen molar-refractivity contribution in [3.05, 3.63) is 11.6 Å². The molecule has 0 saturated carbocycles. The quantitative estimate of drug-likeness (QED) is 0.735. The van der Waals surface area contributed by atoms with Crippen LogP contribution < -0.4 is 5.32 Å². The summed E-state index contributed by atoms with van der Waals surface area (Å²) >= 11 is 6.96. The highest BCUT2D eigenvalue weighted by Crippen LogP contribution is 2.13. The fourth-order valence-electron chi connectivity index (χ4n) is 0.817. The van der Waals surface area contributed by atoms with Gasteiger partial charge in [-0.25, -0.2) is 4.68 Å². The van der Waals surface area contributed by atoms with E-state index < -0.39 is 0 Å². The number of halogens is 1. The first-order chi connectivity index (χ1) is 6.88. The Bertz CT molecular complexity index is 287. The fraction of sp³-hybridized carbons (Fsp3) is 0.571. The highest BCUT2D eigenvalue weighted by molar-refractivity contribution is 7.99. The van der Waals surface area contributed by atoms with Crippen molar-refractivity contribution in [2.45, 2.75) is 11.7 Å². The molecule has 1 N–H and O–H groups in total. The van der Waals surface area contributed by atoms with Gasteiger partial charge in [0.05, 0.1) is 6.54 Å². The number of likely N-dealkylation sites (N-methyl/N-ethyl adjacent to an activating group) is 1. The van der Waals surface area contributed by atoms with Crippen molar-refractivity contribution in [2.24, 2.45) is 0 Å². The zero-order chi connectivity index (χ0) is 10.2. The van der Waals surface area contributed by atoms with Gasteiger partial charge in [-0.2, -0.15) is 0 Å². The summed E-state index contributed by atoms with van der Waals surface area (Å²) < 4.78 is 1.77. The van der Waals surface area contributed by atoms with Crippen molar-refractivity contribution < 1.29 is 0 Å². The van der Waals surface area contributed by atoms with Gasteiger partial charge in [-0.15, -0.1) is 5.10 Å². The van der Waals surface area contributed by atoms with E-state index in [2.05, 4.69) is 20.8 Å². The van der Waals surface area contributed by atoms with Crippen molar-refractivity contribution in [1.82, 2.24) is 25.5 Å². The number of nitrogens with one attached hydrogen (secondary N) is 1. The van der Waals surface area contributed by atoms with Crippen LogP contribution in [0.4, 0.5) is 0 Å². The first-order valence-electron chi connectivity index (χ1n) is 4.17. The molecule has 0 bridgehead atoms. The van der Waals surface area contributed by atoms with Crippen LogP contribution in [0.1, 0.15) is 0 Å². The molecule has 1 rings (SSSR count). The van der Waals surface area contributed by atoms with Gasteiger partial charge in [-0.1, -0.05) is 29.4 Å². The van der Waals surface area contributed by atoms with Crippen molar-refractivity contribution in [1.29, 1.82) is 0 Å². The van der Waals surface area contributed by atoms with Crippen molar-refractivity contribution >= 4 is 23.4 Å². The third-order valence-corrected chi connectivity index (χ3v) is 2.56. The topological polar surface area (TPSA) is 55.6 Å². The number of thioether (sulfide) groups is 1. The zero-order valence-electron chi connectivity index (χ0n) is 7.85. The van der Waals surface area contributed by atoms with Crippen LogP contribution in [0.5, 0.6) is 0 Å². The van der Waals surface area contributed by atoms with Gasteiger partial charge in [0.15, 0.2) is 0 Å². The molecule has 14 heavy (non-hydrogen) atoms. The molecule has 0 aromatic carbocycles. The molecule has 5 nitrogen and oxygen atoms in total. The lowest BCUT2D eigenvalue weighted by molar-refractivity contribution is 0.530. The molecule has 0 unspecified atom stereocenters. The summed E-state index contributed by atoms with van der Waals surface area (Å²) in [5, 5.41) is 15.2. The van der Waals surface area contributed by atoms with Crippen molar-refractivity contribution in [3.8, 4) is 0 Å². The average molecular weight is 234 g/mol. The van der Waals surface area contributed by atoms with Crippen LogP contribution in [0.15, 0.2) is 16.8 Å². The second kappa shape index (κ2) is 6.80. The van der Waals surface area contributed by atoms with Gasteiger partial charge < -0.3 is 5.32 Å². The summed E-state index contributed by atoms with van der Waals surface area (Å²) in [6.07, 6.45) is 1.85. The van der Waals surface area contributed by atoms with E-state index >= 15 is 0 Å². The maximum atomic E-state index is 5.40. The average Bonchev–Trinajstić information content (AvgIpc) is 2.63. The highest BCUT2D eigenvalue weighted by atomic mass is 35.5. The molecule has 0 aliphatic rings. The smallest absolute Gasteiger partial charge is 0.209 e. The van der Waals surface area contributed by atoms with Crippen LogP contribution >= 0.6 is 23.4 Å². The molecule has 0 fully saturated rings. The molecule has 0 aliphatic carbocycles. The Balaban J connectivity index is 2.45. The van der Waals surface area contributed by atoms with E-state index in [1.165, 1.54) is 5.54 Å². The number of tetrazole rings is 1. The number of hydrogen-bond donors (Lipinski definition) is 1. The Hall–Kier alpha value is -0.590. The summed E-state index contributed by atoms with van der Waals surface area (Å²) in [5.41, 5.74) is 1.49. The van der Waals surface area contributed by atoms with Crippen LogP contribution in [0.25, 0.3) is 0 Å². The van der Waals surface area contributed by atoms with E-state index in [1.807, 2.05) is 13.1 Å². The molecule has 0 radical (unpaired) electrons. The van der Waals surface area contributed by atoms with Gasteiger partial charge in [0, 0.05) is 17.8 Å². The molecule has 0 amide bonds. The zero-order valence-corrected chi connectivity index (χ0v) is 9.42. The first kappa shape index (κ1) is 11.5. The van der Waals surface area contributed by atoms with Crippen molar-refractivity contribution in [3.63, 3.8) is 0 Å². The summed E-state index contributed by atoms with van der Waals surface area (Å²) in [7, 11) is 1.90. The first-order valence-corrected chi connectivity index (χ1v) is 5.59. The van der Waals surface area contributed by atoms with E-state index in [1.54, 1.807) is 16.4 Å². The normalized spacial score (nSPS) is 11.3. The molecule has 0 atom stereocenters. The molecular weight excluding hydrogens is 222 g/mol. The third-order valence-electron chi connectivity index (χ3n) is 1.47. The Morgan fingerprint density at radius 2 is 2.50 bits per heavy atom. The second-order valence-electron chi connectivity index (χ2n) is 2.46. The Labute approximate surface area is 91.9 Å². The molecule has 1 aromatic heterocycles. The van der Waals surface area contributed by atoms with E-state index in [4.69, 9.17) is 11.6 Å². The van der Waals surface area contributed by atoms with E-state index in [0.717, 1.165) is 24.0 Å². The fourth-order valence-corrected chi connectivity index (χ4v) is 1.72. The minimum atomic E-state index is 0.774. The van der Waals surface area contributed by atoms with Crippen LogP contribution in [0.2, 0.25) is 0 Å². The Morgan fingerprint density at radius 1 is 1.64 bits per heavy atom. The van der Waals surface area contributed by atoms with Gasteiger partial charge in [0.25, 0.3) is 0 Å². The summed E-state index contributed by atoms with van der Waals surface area (Å²) in [4.78, 5) is 0. The van der Waals surface area contributed by atoms with Crippen LogP contribution in [0, 0.1) is 0 Å². The molecule has 0 aliphatic heterocycles. The predicted octanol–water partition coefficient (Wildman–Crippen LogP) is 0.737. The lowest BCUT2D eigenvalue weighted by atomic mass is 10.6. The molecule has 78 valence electrons. The molecule has 1 heterocycles. The highest BCUT2D eigenvalue weighted by Gasteiger charge is 2.04. The van der Waals surface area contributed by atoms with E-state index in [0.29, 0.717) is 0 Å². The maximum Gasteiger partial charge on any atom is 0.209 e. The Morgan fingerprint density at radius 3 is 3.21 bits per heavy atom. The monoisotopic (exact) mass is 233 g/mol. The van der Waals surface area contributed by atoms with E-state index in [9.17, 15) is 0 Å². The Kier molecular flexibility index (Phi) is 5.58.